The number of fused-ring (bicyclic) bond motifs is 1. The summed E-state index contributed by atoms with van der Waals surface area (Å²) in [4.78, 5) is 17.8. The summed E-state index contributed by atoms with van der Waals surface area (Å²) < 4.78 is 0. The van der Waals surface area contributed by atoms with Crippen molar-refractivity contribution < 1.29 is 0 Å². The van der Waals surface area contributed by atoms with E-state index in [4.69, 9.17) is 0 Å². The Hall–Kier alpha value is -3.54. The standard InChI is InChI=1S/C20H18N6/c1-13-8-9-16(12-14(13)2)23-19-17-18(22-11-10-21-17)25-20(26-19)24-15-6-4-3-5-7-15/h3-12H,1-2H3,(H2,22,23,24,25,26). The van der Waals surface area contributed by atoms with Gasteiger partial charge in [-0.3, -0.25) is 0 Å². The fourth-order valence-electron chi connectivity index (χ4n) is 2.61. The van der Waals surface area contributed by atoms with Gasteiger partial charge in [0.1, 0.15) is 0 Å². The molecule has 0 spiro atoms. The van der Waals surface area contributed by atoms with Crippen LogP contribution in [0.2, 0.25) is 0 Å². The van der Waals surface area contributed by atoms with Crippen LogP contribution in [-0.2, 0) is 0 Å². The normalized spacial score (nSPS) is 10.7. The molecule has 0 unspecified atom stereocenters. The summed E-state index contributed by atoms with van der Waals surface area (Å²) in [6.45, 7) is 4.17. The maximum atomic E-state index is 4.61. The lowest BCUT2D eigenvalue weighted by Crippen LogP contribution is -2.04. The zero-order chi connectivity index (χ0) is 17.9. The SMILES string of the molecule is Cc1ccc(Nc2nc(Nc3ccccc3)nc3nccnc23)cc1C. The van der Waals surface area contributed by atoms with Crippen LogP contribution < -0.4 is 10.6 Å². The molecule has 0 atom stereocenters. The van der Waals surface area contributed by atoms with Gasteiger partial charge in [-0.05, 0) is 49.2 Å². The first kappa shape index (κ1) is 16.0. The molecular formula is C20H18N6. The third kappa shape index (κ3) is 3.30. The van der Waals surface area contributed by atoms with Crippen molar-refractivity contribution >= 4 is 34.3 Å². The van der Waals surface area contributed by atoms with Crippen molar-refractivity contribution in [3.63, 3.8) is 0 Å². The molecule has 0 amide bonds. The van der Waals surface area contributed by atoms with Gasteiger partial charge in [0.15, 0.2) is 17.0 Å². The number of anilines is 4. The highest BCUT2D eigenvalue weighted by Gasteiger charge is 2.11. The van der Waals surface area contributed by atoms with E-state index in [1.807, 2.05) is 36.4 Å². The van der Waals surface area contributed by atoms with Crippen molar-refractivity contribution in [2.75, 3.05) is 10.6 Å². The Kier molecular flexibility index (Phi) is 4.15. The van der Waals surface area contributed by atoms with E-state index in [0.29, 0.717) is 22.9 Å². The smallest absolute Gasteiger partial charge is 0.231 e. The maximum absolute atomic E-state index is 4.61. The number of hydrogen-bond acceptors (Lipinski definition) is 6. The maximum Gasteiger partial charge on any atom is 0.231 e. The molecular weight excluding hydrogens is 324 g/mol. The number of aromatic nitrogens is 4. The summed E-state index contributed by atoms with van der Waals surface area (Å²) in [5, 5.41) is 6.56. The van der Waals surface area contributed by atoms with Gasteiger partial charge in [0.2, 0.25) is 5.95 Å². The van der Waals surface area contributed by atoms with E-state index >= 15 is 0 Å². The number of nitrogens with one attached hydrogen (secondary N) is 2. The van der Waals surface area contributed by atoms with Crippen LogP contribution in [0.3, 0.4) is 0 Å². The molecule has 2 N–H and O–H groups in total. The van der Waals surface area contributed by atoms with Crippen molar-refractivity contribution in [2.45, 2.75) is 13.8 Å². The highest BCUT2D eigenvalue weighted by Crippen LogP contribution is 2.25. The first-order valence-electron chi connectivity index (χ1n) is 8.34. The predicted octanol–water partition coefficient (Wildman–Crippen LogP) is 4.52. The molecule has 128 valence electrons. The van der Waals surface area contributed by atoms with Gasteiger partial charge in [-0.25, -0.2) is 9.97 Å². The first-order valence-corrected chi connectivity index (χ1v) is 8.34. The minimum absolute atomic E-state index is 0.468. The van der Waals surface area contributed by atoms with Crippen LogP contribution in [0.1, 0.15) is 11.1 Å². The van der Waals surface area contributed by atoms with Gasteiger partial charge in [0, 0.05) is 23.8 Å². The lowest BCUT2D eigenvalue weighted by atomic mass is 10.1. The predicted molar refractivity (Wildman–Crippen MR) is 104 cm³/mol. The Balaban J connectivity index is 1.75. The van der Waals surface area contributed by atoms with E-state index in [1.54, 1.807) is 12.4 Å². The number of rotatable bonds is 4. The number of para-hydroxylation sites is 1. The molecule has 4 rings (SSSR count). The largest absolute Gasteiger partial charge is 0.338 e. The summed E-state index contributed by atoms with van der Waals surface area (Å²) in [6, 6.07) is 16.0. The summed E-state index contributed by atoms with van der Waals surface area (Å²) in [5.74, 6) is 1.08. The molecule has 4 aromatic rings. The van der Waals surface area contributed by atoms with Crippen molar-refractivity contribution in [3.05, 3.63) is 72.1 Å². The average molecular weight is 342 g/mol. The molecule has 26 heavy (non-hydrogen) atoms. The van der Waals surface area contributed by atoms with Crippen molar-refractivity contribution in [1.82, 2.24) is 19.9 Å². The van der Waals surface area contributed by atoms with E-state index in [-0.39, 0.29) is 0 Å². The monoisotopic (exact) mass is 342 g/mol. The van der Waals surface area contributed by atoms with Crippen LogP contribution in [0.4, 0.5) is 23.1 Å². The highest BCUT2D eigenvalue weighted by atomic mass is 15.2. The van der Waals surface area contributed by atoms with Crippen LogP contribution in [0.25, 0.3) is 11.2 Å². The average Bonchev–Trinajstić information content (AvgIpc) is 2.66. The van der Waals surface area contributed by atoms with Crippen molar-refractivity contribution in [3.8, 4) is 0 Å². The highest BCUT2D eigenvalue weighted by molar-refractivity contribution is 5.86. The molecule has 0 aliphatic rings. The quantitative estimate of drug-likeness (QED) is 0.568. The lowest BCUT2D eigenvalue weighted by molar-refractivity contribution is 1.15. The second kappa shape index (κ2) is 6.76. The van der Waals surface area contributed by atoms with Gasteiger partial charge in [0.25, 0.3) is 0 Å². The molecule has 0 aliphatic heterocycles. The number of benzene rings is 2. The Morgan fingerprint density at radius 1 is 0.731 bits per heavy atom. The van der Waals surface area contributed by atoms with Gasteiger partial charge in [-0.1, -0.05) is 24.3 Å². The van der Waals surface area contributed by atoms with E-state index in [2.05, 4.69) is 56.5 Å². The van der Waals surface area contributed by atoms with Crippen LogP contribution in [0.5, 0.6) is 0 Å². The van der Waals surface area contributed by atoms with Gasteiger partial charge in [-0.2, -0.15) is 9.97 Å². The molecule has 0 saturated carbocycles. The van der Waals surface area contributed by atoms with E-state index in [1.165, 1.54) is 11.1 Å². The van der Waals surface area contributed by atoms with Gasteiger partial charge in [-0.15, -0.1) is 0 Å². The zero-order valence-electron chi connectivity index (χ0n) is 14.6. The summed E-state index contributed by atoms with van der Waals surface area (Å²) in [7, 11) is 0. The second-order valence-corrected chi connectivity index (χ2v) is 6.04. The minimum Gasteiger partial charge on any atom is -0.338 e. The fourth-order valence-corrected chi connectivity index (χ4v) is 2.61. The Morgan fingerprint density at radius 3 is 2.35 bits per heavy atom. The van der Waals surface area contributed by atoms with Gasteiger partial charge in [0.05, 0.1) is 0 Å². The third-order valence-electron chi connectivity index (χ3n) is 4.13. The van der Waals surface area contributed by atoms with Crippen molar-refractivity contribution in [2.24, 2.45) is 0 Å². The van der Waals surface area contributed by atoms with Gasteiger partial charge >= 0.3 is 0 Å². The molecule has 2 aromatic carbocycles. The molecule has 0 bridgehead atoms. The Morgan fingerprint density at radius 2 is 1.54 bits per heavy atom. The number of nitrogens with zero attached hydrogens (tertiary/aromatic N) is 4. The van der Waals surface area contributed by atoms with Crippen LogP contribution in [-0.4, -0.2) is 19.9 Å². The second-order valence-electron chi connectivity index (χ2n) is 6.04. The fraction of sp³-hybridized carbons (Fsp3) is 0.100. The topological polar surface area (TPSA) is 75.6 Å². The van der Waals surface area contributed by atoms with Crippen LogP contribution in [0.15, 0.2) is 60.9 Å². The summed E-state index contributed by atoms with van der Waals surface area (Å²) in [6.07, 6.45) is 3.27. The molecule has 0 aliphatic carbocycles. The van der Waals surface area contributed by atoms with E-state index < -0.39 is 0 Å². The summed E-state index contributed by atoms with van der Waals surface area (Å²) >= 11 is 0. The molecule has 6 nitrogen and oxygen atoms in total. The molecule has 0 radical (unpaired) electrons. The Bertz CT molecular complexity index is 1060. The molecule has 0 saturated heterocycles. The minimum atomic E-state index is 0.468. The van der Waals surface area contributed by atoms with E-state index in [9.17, 15) is 0 Å². The molecule has 6 heteroatoms. The third-order valence-corrected chi connectivity index (χ3v) is 4.13. The summed E-state index contributed by atoms with van der Waals surface area (Å²) in [5.41, 5.74) is 5.48. The van der Waals surface area contributed by atoms with Crippen molar-refractivity contribution in [1.29, 1.82) is 0 Å². The number of hydrogen-bond donors (Lipinski definition) is 2. The van der Waals surface area contributed by atoms with Gasteiger partial charge < -0.3 is 10.6 Å². The molecule has 0 fully saturated rings. The molecule has 2 heterocycles. The Labute approximate surface area is 151 Å². The van der Waals surface area contributed by atoms with Crippen LogP contribution in [0, 0.1) is 13.8 Å². The zero-order valence-corrected chi connectivity index (χ0v) is 14.6. The molecule has 2 aromatic heterocycles. The van der Waals surface area contributed by atoms with E-state index in [0.717, 1.165) is 11.4 Å². The number of aryl methyl sites for hydroxylation is 2. The first-order chi connectivity index (χ1) is 12.7. The van der Waals surface area contributed by atoms with Crippen LogP contribution >= 0.6 is 0 Å². The lowest BCUT2D eigenvalue weighted by Gasteiger charge is -2.12.